The van der Waals surface area contributed by atoms with Crippen LogP contribution in [0.1, 0.15) is 41.9 Å². The molecule has 0 saturated carbocycles. The average Bonchev–Trinajstić information content (AvgIpc) is 2.75. The fraction of sp³-hybridized carbons (Fsp3) is 0.280. The van der Waals surface area contributed by atoms with Gasteiger partial charge in [-0.15, -0.1) is 0 Å². The van der Waals surface area contributed by atoms with Crippen molar-refractivity contribution in [1.82, 2.24) is 4.90 Å². The summed E-state index contributed by atoms with van der Waals surface area (Å²) in [5, 5.41) is 9.80. The lowest BCUT2D eigenvalue weighted by atomic mass is 9.76. The van der Waals surface area contributed by atoms with Gasteiger partial charge in [-0.1, -0.05) is 42.0 Å². The monoisotopic (exact) mass is 399 g/mol. The highest BCUT2D eigenvalue weighted by molar-refractivity contribution is 5.99. The van der Waals surface area contributed by atoms with Crippen molar-refractivity contribution >= 4 is 5.78 Å². The van der Waals surface area contributed by atoms with E-state index < -0.39 is 5.92 Å². The van der Waals surface area contributed by atoms with Crippen LogP contribution >= 0.6 is 0 Å². The van der Waals surface area contributed by atoms with Crippen LogP contribution in [-0.2, 0) is 11.4 Å². The molecule has 0 radical (unpaired) electrons. The van der Waals surface area contributed by atoms with Gasteiger partial charge in [0.1, 0.15) is 18.2 Å². The molecule has 4 rings (SSSR count). The number of nitrogens with zero attached hydrogens (tertiary/aromatic N) is 2. The number of benzene rings is 2. The fourth-order valence-electron chi connectivity index (χ4n) is 4.32. The molecule has 30 heavy (non-hydrogen) atoms. The Bertz CT molecular complexity index is 1090. The van der Waals surface area contributed by atoms with E-state index in [1.54, 1.807) is 4.90 Å². The van der Waals surface area contributed by atoms with Gasteiger partial charge in [0.25, 0.3) is 0 Å². The third-order valence-electron chi connectivity index (χ3n) is 5.87. The molecule has 2 aliphatic rings. The van der Waals surface area contributed by atoms with Gasteiger partial charge in [0.2, 0.25) is 0 Å². The van der Waals surface area contributed by atoms with Crippen LogP contribution in [0.25, 0.3) is 0 Å². The highest BCUT2D eigenvalue weighted by Gasteiger charge is 2.38. The number of ether oxygens (including phenoxy) is 1. The number of carbonyl (C=O) groups excluding carboxylic acids is 1. The highest BCUT2D eigenvalue weighted by atomic mass is 16.5. The van der Waals surface area contributed by atoms with Crippen molar-refractivity contribution in [2.45, 2.75) is 38.7 Å². The number of Topliss-reactive ketones (excluding diaryl/α,β-unsaturated/α-hetero) is 1. The van der Waals surface area contributed by atoms with E-state index in [2.05, 4.69) is 25.1 Å². The first-order valence-electron chi connectivity index (χ1n) is 10.2. The van der Waals surface area contributed by atoms with Crippen molar-refractivity contribution in [1.29, 1.82) is 5.26 Å². The number of aryl methyl sites for hydroxylation is 1. The third kappa shape index (κ3) is 3.57. The van der Waals surface area contributed by atoms with Crippen LogP contribution < -0.4 is 10.5 Å². The van der Waals surface area contributed by atoms with Gasteiger partial charge in [-0.25, -0.2) is 0 Å². The van der Waals surface area contributed by atoms with Gasteiger partial charge in [-0.05, 0) is 43.0 Å². The lowest BCUT2D eigenvalue weighted by Crippen LogP contribution is -2.36. The van der Waals surface area contributed by atoms with Crippen molar-refractivity contribution in [2.24, 2.45) is 5.73 Å². The molecule has 2 N–H and O–H groups in total. The highest BCUT2D eigenvalue weighted by Crippen LogP contribution is 2.44. The first kappa shape index (κ1) is 19.8. The molecule has 1 atom stereocenters. The molecule has 1 heterocycles. The zero-order chi connectivity index (χ0) is 21.3. The summed E-state index contributed by atoms with van der Waals surface area (Å²) in [4.78, 5) is 14.6. The Morgan fingerprint density at radius 1 is 1.20 bits per heavy atom. The van der Waals surface area contributed by atoms with E-state index in [0.29, 0.717) is 30.0 Å². The number of ketones is 1. The SMILES string of the molecule is Cc1cccc(COc2ccc([C@@H]3C(C#N)=C(N)N(C)C4=C3C(=O)CCC4)cc2)c1. The van der Waals surface area contributed by atoms with Crippen molar-refractivity contribution in [3.63, 3.8) is 0 Å². The predicted molar refractivity (Wildman–Crippen MR) is 115 cm³/mol. The van der Waals surface area contributed by atoms with E-state index in [-0.39, 0.29) is 5.78 Å². The van der Waals surface area contributed by atoms with E-state index in [4.69, 9.17) is 10.5 Å². The van der Waals surface area contributed by atoms with Crippen molar-refractivity contribution in [2.75, 3.05) is 7.05 Å². The summed E-state index contributed by atoms with van der Waals surface area (Å²) in [5.74, 6) is 0.858. The zero-order valence-electron chi connectivity index (χ0n) is 17.3. The number of nitrogens with two attached hydrogens (primary N) is 1. The number of nitriles is 1. The molecular weight excluding hydrogens is 374 g/mol. The van der Waals surface area contributed by atoms with Crippen LogP contribution in [0.5, 0.6) is 5.75 Å². The van der Waals surface area contributed by atoms with Crippen molar-refractivity contribution in [3.8, 4) is 11.8 Å². The molecule has 0 bridgehead atoms. The Balaban J connectivity index is 1.62. The van der Waals surface area contributed by atoms with E-state index >= 15 is 0 Å². The van der Waals surface area contributed by atoms with E-state index in [1.807, 2.05) is 43.4 Å². The molecule has 0 saturated heterocycles. The Morgan fingerprint density at radius 3 is 2.67 bits per heavy atom. The van der Waals surface area contributed by atoms with Gasteiger partial charge in [0, 0.05) is 24.7 Å². The van der Waals surface area contributed by atoms with Gasteiger partial charge in [-0.2, -0.15) is 5.26 Å². The molecule has 0 fully saturated rings. The summed E-state index contributed by atoms with van der Waals surface area (Å²) in [7, 11) is 1.83. The molecule has 5 nitrogen and oxygen atoms in total. The van der Waals surface area contributed by atoms with Gasteiger partial charge in [0.05, 0.1) is 17.6 Å². The van der Waals surface area contributed by atoms with Crippen LogP contribution in [0.4, 0.5) is 0 Å². The quantitative estimate of drug-likeness (QED) is 0.829. The van der Waals surface area contributed by atoms with Gasteiger partial charge in [-0.3, -0.25) is 4.79 Å². The molecule has 0 spiro atoms. The van der Waals surface area contributed by atoms with E-state index in [1.165, 1.54) is 5.56 Å². The smallest absolute Gasteiger partial charge is 0.161 e. The predicted octanol–water partition coefficient (Wildman–Crippen LogP) is 4.30. The van der Waals surface area contributed by atoms with Crippen molar-refractivity contribution in [3.05, 3.63) is 87.9 Å². The summed E-state index contributed by atoms with van der Waals surface area (Å²) in [5.41, 5.74) is 11.6. The average molecular weight is 399 g/mol. The maximum Gasteiger partial charge on any atom is 0.161 e. The van der Waals surface area contributed by atoms with E-state index in [0.717, 1.165) is 35.4 Å². The van der Waals surface area contributed by atoms with Crippen LogP contribution in [0.2, 0.25) is 0 Å². The second kappa shape index (κ2) is 8.08. The first-order chi connectivity index (χ1) is 14.5. The maximum atomic E-state index is 12.8. The molecule has 2 aromatic carbocycles. The minimum Gasteiger partial charge on any atom is -0.489 e. The molecule has 152 valence electrons. The third-order valence-corrected chi connectivity index (χ3v) is 5.87. The Hall–Kier alpha value is -3.52. The fourth-order valence-corrected chi connectivity index (χ4v) is 4.32. The number of hydrogen-bond acceptors (Lipinski definition) is 5. The topological polar surface area (TPSA) is 79.3 Å². The molecular formula is C25H25N3O2. The molecule has 0 aromatic heterocycles. The second-order valence-electron chi connectivity index (χ2n) is 7.89. The normalized spacial score (nSPS) is 18.9. The van der Waals surface area contributed by atoms with Gasteiger partial charge < -0.3 is 15.4 Å². The van der Waals surface area contributed by atoms with Gasteiger partial charge in [0.15, 0.2) is 5.78 Å². The Labute approximate surface area is 177 Å². The number of rotatable bonds is 4. The molecule has 0 unspecified atom stereocenters. The summed E-state index contributed by atoms with van der Waals surface area (Å²) >= 11 is 0. The minimum absolute atomic E-state index is 0.105. The summed E-state index contributed by atoms with van der Waals surface area (Å²) in [6.45, 7) is 2.54. The second-order valence-corrected chi connectivity index (χ2v) is 7.89. The lowest BCUT2D eigenvalue weighted by Gasteiger charge is -2.37. The maximum absolute atomic E-state index is 12.8. The molecule has 2 aromatic rings. The molecule has 5 heteroatoms. The zero-order valence-corrected chi connectivity index (χ0v) is 17.3. The molecule has 1 aliphatic carbocycles. The lowest BCUT2D eigenvalue weighted by molar-refractivity contribution is -0.116. The van der Waals surface area contributed by atoms with E-state index in [9.17, 15) is 10.1 Å². The number of hydrogen-bond donors (Lipinski definition) is 1. The summed E-state index contributed by atoms with van der Waals surface area (Å²) in [6, 6.07) is 18.1. The Kier molecular flexibility index (Phi) is 5.33. The molecule has 1 aliphatic heterocycles. The summed E-state index contributed by atoms with van der Waals surface area (Å²) < 4.78 is 5.92. The number of carbonyl (C=O) groups is 1. The van der Waals surface area contributed by atoms with Crippen LogP contribution in [0.15, 0.2) is 71.2 Å². The van der Waals surface area contributed by atoms with Crippen LogP contribution in [-0.4, -0.2) is 17.7 Å². The van der Waals surface area contributed by atoms with Crippen LogP contribution in [0.3, 0.4) is 0 Å². The van der Waals surface area contributed by atoms with Gasteiger partial charge >= 0.3 is 0 Å². The Morgan fingerprint density at radius 2 is 1.97 bits per heavy atom. The standard InChI is InChI=1S/C25H25N3O2/c1-16-5-3-6-17(13-16)15-30-19-11-9-18(10-12-19)23-20(14-26)25(27)28(2)21-7-4-8-22(29)24(21)23/h3,5-6,9-13,23H,4,7-8,15,27H2,1-2H3/t23-/m1/s1. The largest absolute Gasteiger partial charge is 0.489 e. The van der Waals surface area contributed by atoms with Crippen molar-refractivity contribution < 1.29 is 9.53 Å². The number of allylic oxidation sites excluding steroid dienone is 3. The van der Waals surface area contributed by atoms with Crippen LogP contribution in [0, 0.1) is 18.3 Å². The molecule has 0 amide bonds. The summed E-state index contributed by atoms with van der Waals surface area (Å²) in [6.07, 6.45) is 2.13. The minimum atomic E-state index is -0.417. The first-order valence-corrected chi connectivity index (χ1v) is 10.2.